The lowest BCUT2D eigenvalue weighted by Gasteiger charge is -2.14. The molecule has 1 heterocycles. The zero-order valence-corrected chi connectivity index (χ0v) is 8.66. The molecule has 1 N–H and O–H groups in total. The van der Waals surface area contributed by atoms with Gasteiger partial charge >= 0.3 is 5.97 Å². The summed E-state index contributed by atoms with van der Waals surface area (Å²) < 4.78 is 0. The Morgan fingerprint density at radius 1 is 1.38 bits per heavy atom. The van der Waals surface area contributed by atoms with E-state index >= 15 is 0 Å². The van der Waals surface area contributed by atoms with Gasteiger partial charge in [0.25, 0.3) is 0 Å². The second-order valence-corrected chi connectivity index (χ2v) is 3.54. The van der Waals surface area contributed by atoms with Gasteiger partial charge in [0.05, 0.1) is 5.92 Å². The lowest BCUT2D eigenvalue weighted by atomic mass is 10.3. The van der Waals surface area contributed by atoms with Crippen LogP contribution >= 0.6 is 0 Å². The topological polar surface area (TPSA) is 40.5 Å². The molecule has 2 unspecified atom stereocenters. The summed E-state index contributed by atoms with van der Waals surface area (Å²) in [6.45, 7) is 9.22. The number of fused-ring (bicyclic) bond motifs is 1. The van der Waals surface area contributed by atoms with E-state index in [2.05, 4.69) is 11.8 Å². The van der Waals surface area contributed by atoms with Crippen LogP contribution in [0.2, 0.25) is 0 Å². The number of nitrogens with zero attached hydrogens (tertiary/aromatic N) is 1. The van der Waals surface area contributed by atoms with Crippen LogP contribution in [-0.4, -0.2) is 35.6 Å². The monoisotopic (exact) mass is 185 g/mol. The fraction of sp³-hybridized carbons (Fsp3) is 0.900. The highest BCUT2D eigenvalue weighted by Crippen LogP contribution is 2.51. The van der Waals surface area contributed by atoms with Gasteiger partial charge in [0.1, 0.15) is 0 Å². The second-order valence-electron chi connectivity index (χ2n) is 3.54. The Kier molecular flexibility index (Phi) is 3.31. The minimum absolute atomic E-state index is 0.00204. The van der Waals surface area contributed by atoms with Crippen LogP contribution in [0.15, 0.2) is 0 Å². The molecular formula is C10H19NO2. The molecule has 0 aromatic heterocycles. The van der Waals surface area contributed by atoms with E-state index in [1.807, 2.05) is 13.8 Å². The first-order valence-corrected chi connectivity index (χ1v) is 5.19. The van der Waals surface area contributed by atoms with Crippen molar-refractivity contribution in [1.29, 1.82) is 0 Å². The van der Waals surface area contributed by atoms with E-state index in [-0.39, 0.29) is 5.92 Å². The SMILES string of the molecule is CC.CCN1CC2C(C1)C2C(=O)O. The van der Waals surface area contributed by atoms with E-state index in [1.165, 1.54) is 0 Å². The molecule has 76 valence electrons. The average Bonchev–Trinajstić information content (AvgIpc) is 2.67. The highest BCUT2D eigenvalue weighted by molar-refractivity contribution is 5.74. The van der Waals surface area contributed by atoms with E-state index in [0.29, 0.717) is 11.8 Å². The van der Waals surface area contributed by atoms with Crippen LogP contribution < -0.4 is 0 Å². The number of aliphatic carboxylic acids is 1. The summed E-state index contributed by atoms with van der Waals surface area (Å²) in [6.07, 6.45) is 0. The van der Waals surface area contributed by atoms with Crippen molar-refractivity contribution in [2.24, 2.45) is 17.8 Å². The van der Waals surface area contributed by atoms with Crippen LogP contribution in [-0.2, 0) is 4.79 Å². The van der Waals surface area contributed by atoms with Gasteiger partial charge in [-0.1, -0.05) is 20.8 Å². The van der Waals surface area contributed by atoms with Crippen LogP contribution in [0.5, 0.6) is 0 Å². The van der Waals surface area contributed by atoms with Crippen LogP contribution in [0.4, 0.5) is 0 Å². The smallest absolute Gasteiger partial charge is 0.307 e. The van der Waals surface area contributed by atoms with Crippen LogP contribution in [0.1, 0.15) is 20.8 Å². The Morgan fingerprint density at radius 2 is 1.85 bits per heavy atom. The Hall–Kier alpha value is -0.570. The van der Waals surface area contributed by atoms with Gasteiger partial charge < -0.3 is 10.0 Å². The van der Waals surface area contributed by atoms with Gasteiger partial charge in [-0.25, -0.2) is 0 Å². The van der Waals surface area contributed by atoms with Gasteiger partial charge in [0.15, 0.2) is 0 Å². The molecule has 0 aromatic rings. The fourth-order valence-corrected chi connectivity index (χ4v) is 2.24. The van der Waals surface area contributed by atoms with E-state index in [1.54, 1.807) is 0 Å². The minimum atomic E-state index is -0.587. The molecule has 2 aliphatic rings. The van der Waals surface area contributed by atoms with Gasteiger partial charge in [0.2, 0.25) is 0 Å². The zero-order valence-electron chi connectivity index (χ0n) is 8.66. The molecule has 13 heavy (non-hydrogen) atoms. The first-order chi connectivity index (χ1) is 6.24. The standard InChI is InChI=1S/C8H13NO2.C2H6/c1-2-9-3-5-6(4-9)7(5)8(10)11;1-2/h5-7H,2-4H2,1H3,(H,10,11);1-2H3. The van der Waals surface area contributed by atoms with Crippen molar-refractivity contribution in [2.75, 3.05) is 19.6 Å². The Labute approximate surface area is 79.7 Å². The Morgan fingerprint density at radius 3 is 2.15 bits per heavy atom. The zero-order chi connectivity index (χ0) is 10.0. The van der Waals surface area contributed by atoms with Gasteiger partial charge in [-0.3, -0.25) is 4.79 Å². The molecule has 1 saturated carbocycles. The third-order valence-corrected chi connectivity index (χ3v) is 3.00. The molecule has 1 aliphatic carbocycles. The van der Waals surface area contributed by atoms with E-state index in [0.717, 1.165) is 19.6 Å². The molecule has 3 nitrogen and oxygen atoms in total. The number of hydrogen-bond donors (Lipinski definition) is 1. The minimum Gasteiger partial charge on any atom is -0.481 e. The molecule has 0 aromatic carbocycles. The summed E-state index contributed by atoms with van der Waals surface area (Å²) in [6, 6.07) is 0. The van der Waals surface area contributed by atoms with E-state index in [4.69, 9.17) is 5.11 Å². The van der Waals surface area contributed by atoms with E-state index in [9.17, 15) is 4.79 Å². The highest BCUT2D eigenvalue weighted by Gasteiger charge is 2.59. The number of piperidine rings is 1. The lowest BCUT2D eigenvalue weighted by Crippen LogP contribution is -2.25. The van der Waals surface area contributed by atoms with Gasteiger partial charge in [-0.2, -0.15) is 0 Å². The largest absolute Gasteiger partial charge is 0.481 e. The number of rotatable bonds is 2. The van der Waals surface area contributed by atoms with Crippen LogP contribution in [0.25, 0.3) is 0 Å². The molecule has 2 fully saturated rings. The molecule has 2 atom stereocenters. The number of carboxylic acid groups (broad SMARTS) is 1. The number of carbonyl (C=O) groups is 1. The summed E-state index contributed by atoms with van der Waals surface area (Å²) in [5.74, 6) is 0.369. The van der Waals surface area contributed by atoms with Crippen molar-refractivity contribution >= 4 is 5.97 Å². The fourth-order valence-electron chi connectivity index (χ4n) is 2.24. The van der Waals surface area contributed by atoms with E-state index < -0.39 is 5.97 Å². The predicted octanol–water partition coefficient (Wildman–Crippen LogP) is 1.29. The van der Waals surface area contributed by atoms with Crippen molar-refractivity contribution in [1.82, 2.24) is 4.90 Å². The predicted molar refractivity (Wildman–Crippen MR) is 51.6 cm³/mol. The maximum atomic E-state index is 10.6. The summed E-state index contributed by atoms with van der Waals surface area (Å²) >= 11 is 0. The molecule has 0 radical (unpaired) electrons. The quantitative estimate of drug-likeness (QED) is 0.705. The third-order valence-electron chi connectivity index (χ3n) is 3.00. The van der Waals surface area contributed by atoms with Crippen molar-refractivity contribution in [3.05, 3.63) is 0 Å². The third kappa shape index (κ3) is 1.85. The first-order valence-electron chi connectivity index (χ1n) is 5.19. The molecule has 0 bridgehead atoms. The van der Waals surface area contributed by atoms with Crippen molar-refractivity contribution < 1.29 is 9.90 Å². The lowest BCUT2D eigenvalue weighted by molar-refractivity contribution is -0.139. The molecule has 0 amide bonds. The van der Waals surface area contributed by atoms with Gasteiger partial charge in [-0.05, 0) is 18.4 Å². The highest BCUT2D eigenvalue weighted by atomic mass is 16.4. The summed E-state index contributed by atoms with van der Waals surface area (Å²) in [5, 5.41) is 8.70. The van der Waals surface area contributed by atoms with Crippen molar-refractivity contribution in [3.8, 4) is 0 Å². The number of carboxylic acids is 1. The average molecular weight is 185 g/mol. The van der Waals surface area contributed by atoms with Crippen LogP contribution in [0, 0.1) is 17.8 Å². The molecule has 1 saturated heterocycles. The first kappa shape index (κ1) is 10.5. The van der Waals surface area contributed by atoms with Crippen molar-refractivity contribution in [3.63, 3.8) is 0 Å². The maximum Gasteiger partial charge on any atom is 0.307 e. The summed E-state index contributed by atoms with van der Waals surface area (Å²) in [7, 11) is 0. The Bertz CT molecular complexity index is 181. The molecule has 1 aliphatic heterocycles. The summed E-state index contributed by atoms with van der Waals surface area (Å²) in [5.41, 5.74) is 0. The Balaban J connectivity index is 0.000000396. The van der Waals surface area contributed by atoms with Crippen molar-refractivity contribution in [2.45, 2.75) is 20.8 Å². The molecule has 3 heteroatoms. The number of hydrogen-bond acceptors (Lipinski definition) is 2. The molecular weight excluding hydrogens is 166 g/mol. The van der Waals surface area contributed by atoms with Gasteiger partial charge in [0, 0.05) is 13.1 Å². The second kappa shape index (κ2) is 4.09. The molecule has 2 rings (SSSR count). The van der Waals surface area contributed by atoms with Gasteiger partial charge in [-0.15, -0.1) is 0 Å². The number of likely N-dealkylation sites (tertiary alicyclic amines) is 1. The van der Waals surface area contributed by atoms with Crippen LogP contribution in [0.3, 0.4) is 0 Å². The summed E-state index contributed by atoms with van der Waals surface area (Å²) in [4.78, 5) is 12.9. The maximum absolute atomic E-state index is 10.6. The molecule has 0 spiro atoms. The normalized spacial score (nSPS) is 36.1.